The number of para-hydroxylation sites is 2. The van der Waals surface area contributed by atoms with Gasteiger partial charge < -0.3 is 10.5 Å². The Morgan fingerprint density at radius 1 is 1.22 bits per heavy atom. The van der Waals surface area contributed by atoms with Crippen LogP contribution in [0, 0.1) is 5.92 Å². The average Bonchev–Trinajstić information content (AvgIpc) is 2.89. The van der Waals surface area contributed by atoms with Crippen molar-refractivity contribution in [3.8, 4) is 5.75 Å². The van der Waals surface area contributed by atoms with Gasteiger partial charge in [0.2, 0.25) is 0 Å². The highest BCUT2D eigenvalue weighted by Gasteiger charge is 2.14. The number of nitrogens with two attached hydrogens (primary N) is 1. The van der Waals surface area contributed by atoms with Gasteiger partial charge in [-0.2, -0.15) is 11.8 Å². The lowest BCUT2D eigenvalue weighted by molar-refractivity contribution is 0.320. The number of hydrogen-bond donors (Lipinski definition) is 1. The summed E-state index contributed by atoms with van der Waals surface area (Å²) >= 11 is 2.08. The summed E-state index contributed by atoms with van der Waals surface area (Å²) < 4.78 is 5.67. The van der Waals surface area contributed by atoms with Gasteiger partial charge in [-0.25, -0.2) is 0 Å². The maximum atomic E-state index is 5.81. The van der Waals surface area contributed by atoms with Crippen LogP contribution in [0.5, 0.6) is 5.75 Å². The maximum absolute atomic E-state index is 5.81. The van der Waals surface area contributed by atoms with Gasteiger partial charge in [-0.15, -0.1) is 0 Å². The highest BCUT2D eigenvalue weighted by molar-refractivity contribution is 7.99. The van der Waals surface area contributed by atoms with Gasteiger partial charge in [-0.05, 0) is 48.8 Å². The third-order valence-corrected chi connectivity index (χ3v) is 4.72. The van der Waals surface area contributed by atoms with Crippen LogP contribution >= 0.6 is 11.8 Å². The fourth-order valence-corrected chi connectivity index (χ4v) is 3.54. The Bertz CT molecular complexity index is 350. The molecule has 0 atom stereocenters. The number of anilines is 1. The topological polar surface area (TPSA) is 35.2 Å². The lowest BCUT2D eigenvalue weighted by Gasteiger charge is -2.10. The van der Waals surface area contributed by atoms with Gasteiger partial charge in [0.25, 0.3) is 0 Å². The summed E-state index contributed by atoms with van der Waals surface area (Å²) in [7, 11) is 0. The molecule has 1 aliphatic rings. The van der Waals surface area contributed by atoms with Crippen LogP contribution in [0.2, 0.25) is 0 Å². The highest BCUT2D eigenvalue weighted by atomic mass is 32.2. The minimum absolute atomic E-state index is 0.733. The lowest BCUT2D eigenvalue weighted by Crippen LogP contribution is -2.03. The van der Waals surface area contributed by atoms with Gasteiger partial charge in [-0.1, -0.05) is 25.0 Å². The molecule has 0 bridgehead atoms. The number of thioether (sulfide) groups is 1. The van der Waals surface area contributed by atoms with Gasteiger partial charge in [0.05, 0.1) is 12.3 Å². The molecule has 100 valence electrons. The molecular weight excluding hydrogens is 242 g/mol. The molecule has 2 N–H and O–H groups in total. The molecular formula is C15H23NOS. The fraction of sp³-hybridized carbons (Fsp3) is 0.600. The lowest BCUT2D eigenvalue weighted by atomic mass is 10.1. The minimum Gasteiger partial charge on any atom is -0.491 e. The van der Waals surface area contributed by atoms with Crippen molar-refractivity contribution in [3.63, 3.8) is 0 Å². The van der Waals surface area contributed by atoms with Crippen molar-refractivity contribution in [2.75, 3.05) is 23.8 Å². The molecule has 1 saturated carbocycles. The summed E-state index contributed by atoms with van der Waals surface area (Å²) in [6.45, 7) is 0.770. The Morgan fingerprint density at radius 3 is 2.78 bits per heavy atom. The van der Waals surface area contributed by atoms with E-state index < -0.39 is 0 Å². The van der Waals surface area contributed by atoms with E-state index in [4.69, 9.17) is 10.5 Å². The first kappa shape index (κ1) is 13.6. The fourth-order valence-electron chi connectivity index (χ4n) is 2.38. The van der Waals surface area contributed by atoms with Gasteiger partial charge in [0.15, 0.2) is 0 Å². The molecule has 3 heteroatoms. The van der Waals surface area contributed by atoms with Crippen LogP contribution in [0.1, 0.15) is 32.1 Å². The van der Waals surface area contributed by atoms with Crippen molar-refractivity contribution in [3.05, 3.63) is 24.3 Å². The Balaban J connectivity index is 1.52. The van der Waals surface area contributed by atoms with Crippen LogP contribution in [0.15, 0.2) is 24.3 Å². The molecule has 18 heavy (non-hydrogen) atoms. The molecule has 1 aliphatic carbocycles. The second-order valence-corrected chi connectivity index (χ2v) is 6.12. The van der Waals surface area contributed by atoms with Crippen LogP contribution < -0.4 is 10.5 Å². The number of ether oxygens (including phenoxy) is 1. The molecule has 2 nitrogen and oxygen atoms in total. The van der Waals surface area contributed by atoms with Crippen molar-refractivity contribution >= 4 is 17.4 Å². The SMILES string of the molecule is Nc1ccccc1OCCCSCC1CCCC1. The molecule has 0 radical (unpaired) electrons. The standard InChI is InChI=1S/C15H23NOS/c16-14-8-3-4-9-15(14)17-10-5-11-18-12-13-6-1-2-7-13/h3-4,8-9,13H,1-2,5-7,10-12,16H2. The molecule has 1 fully saturated rings. The number of benzene rings is 1. The Kier molecular flexibility index (Phi) is 5.72. The third-order valence-electron chi connectivity index (χ3n) is 3.44. The summed E-state index contributed by atoms with van der Waals surface area (Å²) in [5.74, 6) is 4.34. The summed E-state index contributed by atoms with van der Waals surface area (Å²) in [5.41, 5.74) is 6.55. The Morgan fingerprint density at radius 2 is 2.00 bits per heavy atom. The number of rotatable bonds is 7. The first-order valence-electron chi connectivity index (χ1n) is 6.91. The second kappa shape index (κ2) is 7.57. The van der Waals surface area contributed by atoms with Gasteiger partial charge >= 0.3 is 0 Å². The van der Waals surface area contributed by atoms with E-state index in [0.29, 0.717) is 0 Å². The first-order chi connectivity index (χ1) is 8.86. The smallest absolute Gasteiger partial charge is 0.142 e. The van der Waals surface area contributed by atoms with Crippen LogP contribution in [0.4, 0.5) is 5.69 Å². The third kappa shape index (κ3) is 4.45. The van der Waals surface area contributed by atoms with Crippen molar-refractivity contribution in [2.45, 2.75) is 32.1 Å². The number of nitrogen functional groups attached to an aromatic ring is 1. The maximum Gasteiger partial charge on any atom is 0.142 e. The molecule has 2 rings (SSSR count). The van der Waals surface area contributed by atoms with E-state index in [1.54, 1.807) is 0 Å². The zero-order valence-electron chi connectivity index (χ0n) is 10.9. The predicted octanol–water partition coefficient (Wildman–Crippen LogP) is 3.96. The van der Waals surface area contributed by atoms with Crippen molar-refractivity contribution in [1.29, 1.82) is 0 Å². The largest absolute Gasteiger partial charge is 0.491 e. The van der Waals surface area contributed by atoms with Crippen LogP contribution in [0.3, 0.4) is 0 Å². The zero-order chi connectivity index (χ0) is 12.6. The molecule has 0 aromatic heterocycles. The van der Waals surface area contributed by atoms with E-state index in [0.717, 1.165) is 30.4 Å². The molecule has 0 spiro atoms. The molecule has 0 amide bonds. The Labute approximate surface area is 114 Å². The molecule has 0 saturated heterocycles. The van der Waals surface area contributed by atoms with Crippen molar-refractivity contribution in [2.24, 2.45) is 5.92 Å². The number of hydrogen-bond acceptors (Lipinski definition) is 3. The van der Waals surface area contributed by atoms with Crippen LogP contribution in [0.25, 0.3) is 0 Å². The zero-order valence-corrected chi connectivity index (χ0v) is 11.8. The Hall–Kier alpha value is -0.830. The second-order valence-electron chi connectivity index (χ2n) is 4.97. The van der Waals surface area contributed by atoms with E-state index in [1.165, 1.54) is 37.2 Å². The van der Waals surface area contributed by atoms with E-state index in [9.17, 15) is 0 Å². The molecule has 0 aliphatic heterocycles. The van der Waals surface area contributed by atoms with Crippen LogP contribution in [-0.4, -0.2) is 18.1 Å². The van der Waals surface area contributed by atoms with Gasteiger partial charge in [0.1, 0.15) is 5.75 Å². The average molecular weight is 265 g/mol. The summed E-state index contributed by atoms with van der Waals surface area (Å²) in [6, 6.07) is 7.70. The summed E-state index contributed by atoms with van der Waals surface area (Å²) in [6.07, 6.45) is 6.89. The van der Waals surface area contributed by atoms with Crippen LogP contribution in [-0.2, 0) is 0 Å². The monoisotopic (exact) mass is 265 g/mol. The van der Waals surface area contributed by atoms with E-state index in [1.807, 2.05) is 24.3 Å². The highest BCUT2D eigenvalue weighted by Crippen LogP contribution is 2.28. The summed E-state index contributed by atoms with van der Waals surface area (Å²) in [5, 5.41) is 0. The van der Waals surface area contributed by atoms with E-state index in [-0.39, 0.29) is 0 Å². The predicted molar refractivity (Wildman–Crippen MR) is 80.2 cm³/mol. The molecule has 0 unspecified atom stereocenters. The molecule has 1 aromatic rings. The van der Waals surface area contributed by atoms with Crippen molar-refractivity contribution in [1.82, 2.24) is 0 Å². The van der Waals surface area contributed by atoms with Crippen molar-refractivity contribution < 1.29 is 4.74 Å². The first-order valence-corrected chi connectivity index (χ1v) is 8.07. The molecule has 1 aromatic carbocycles. The van der Waals surface area contributed by atoms with Gasteiger partial charge in [0, 0.05) is 0 Å². The normalized spacial score (nSPS) is 16.0. The van der Waals surface area contributed by atoms with E-state index >= 15 is 0 Å². The summed E-state index contributed by atoms with van der Waals surface area (Å²) in [4.78, 5) is 0. The van der Waals surface area contributed by atoms with E-state index in [2.05, 4.69) is 11.8 Å². The molecule has 0 heterocycles. The minimum atomic E-state index is 0.733. The van der Waals surface area contributed by atoms with Gasteiger partial charge in [-0.3, -0.25) is 0 Å². The quantitative estimate of drug-likeness (QED) is 0.598.